The molecular formula is C19H23BrN2O4S. The molecule has 0 atom stereocenters. The van der Waals surface area contributed by atoms with Gasteiger partial charge in [-0.05, 0) is 63.2 Å². The molecule has 27 heavy (non-hydrogen) atoms. The van der Waals surface area contributed by atoms with Crippen LogP contribution in [0.3, 0.4) is 0 Å². The predicted molar refractivity (Wildman–Crippen MR) is 110 cm³/mol. The number of ether oxygens (including phenoxy) is 1. The molecule has 0 radical (unpaired) electrons. The molecule has 0 unspecified atom stereocenters. The van der Waals surface area contributed by atoms with Gasteiger partial charge in [0.05, 0.1) is 6.61 Å². The highest BCUT2D eigenvalue weighted by Gasteiger charge is 2.21. The van der Waals surface area contributed by atoms with Gasteiger partial charge in [0.25, 0.3) is 15.9 Å². The van der Waals surface area contributed by atoms with Crippen molar-refractivity contribution in [2.75, 3.05) is 24.4 Å². The van der Waals surface area contributed by atoms with E-state index >= 15 is 0 Å². The summed E-state index contributed by atoms with van der Waals surface area (Å²) < 4.78 is 34.2. The number of benzene rings is 2. The lowest BCUT2D eigenvalue weighted by molar-refractivity contribution is 0.0773. The number of halogens is 1. The summed E-state index contributed by atoms with van der Waals surface area (Å²) in [5.74, 6) is 0.196. The van der Waals surface area contributed by atoms with E-state index in [4.69, 9.17) is 4.74 Å². The molecule has 2 aromatic rings. The van der Waals surface area contributed by atoms with Gasteiger partial charge in [0.1, 0.15) is 10.6 Å². The van der Waals surface area contributed by atoms with E-state index in [1.54, 1.807) is 48.2 Å². The Kier molecular flexibility index (Phi) is 7.26. The highest BCUT2D eigenvalue weighted by atomic mass is 79.9. The molecule has 1 N–H and O–H groups in total. The largest absolute Gasteiger partial charge is 0.492 e. The number of nitrogens with zero attached hydrogens (tertiary/aromatic N) is 1. The van der Waals surface area contributed by atoms with E-state index in [9.17, 15) is 13.2 Å². The third-order valence-electron chi connectivity index (χ3n) is 3.93. The molecule has 6 nitrogen and oxygen atoms in total. The van der Waals surface area contributed by atoms with Crippen LogP contribution in [0.15, 0.2) is 51.8 Å². The minimum atomic E-state index is -3.85. The van der Waals surface area contributed by atoms with Crippen molar-refractivity contribution >= 4 is 37.5 Å². The molecule has 146 valence electrons. The maximum Gasteiger partial charge on any atom is 0.265 e. The van der Waals surface area contributed by atoms with Crippen molar-refractivity contribution < 1.29 is 17.9 Å². The summed E-state index contributed by atoms with van der Waals surface area (Å²) in [7, 11) is -3.85. The van der Waals surface area contributed by atoms with Crippen LogP contribution >= 0.6 is 15.9 Å². The van der Waals surface area contributed by atoms with E-state index in [1.165, 1.54) is 6.07 Å². The van der Waals surface area contributed by atoms with Crippen molar-refractivity contribution in [2.45, 2.75) is 25.7 Å². The number of rotatable bonds is 8. The quantitative estimate of drug-likeness (QED) is 0.650. The highest BCUT2D eigenvalue weighted by molar-refractivity contribution is 9.10. The lowest BCUT2D eigenvalue weighted by Crippen LogP contribution is -2.30. The number of sulfonamides is 1. The Morgan fingerprint density at radius 1 is 1.07 bits per heavy atom. The number of amides is 1. The summed E-state index contributed by atoms with van der Waals surface area (Å²) in [4.78, 5) is 14.1. The van der Waals surface area contributed by atoms with Crippen LogP contribution in [0.5, 0.6) is 5.75 Å². The minimum Gasteiger partial charge on any atom is -0.492 e. The third kappa shape index (κ3) is 5.23. The van der Waals surface area contributed by atoms with E-state index in [2.05, 4.69) is 20.7 Å². The zero-order valence-electron chi connectivity index (χ0n) is 15.5. The van der Waals surface area contributed by atoms with E-state index < -0.39 is 10.0 Å². The molecule has 0 saturated carbocycles. The average molecular weight is 455 g/mol. The van der Waals surface area contributed by atoms with E-state index in [-0.39, 0.29) is 16.6 Å². The van der Waals surface area contributed by atoms with Gasteiger partial charge in [0.2, 0.25) is 0 Å². The molecule has 2 rings (SSSR count). The number of carbonyl (C=O) groups is 1. The highest BCUT2D eigenvalue weighted by Crippen LogP contribution is 2.29. The summed E-state index contributed by atoms with van der Waals surface area (Å²) in [5.41, 5.74) is 0.882. The molecule has 0 fully saturated rings. The Morgan fingerprint density at radius 2 is 1.70 bits per heavy atom. The smallest absolute Gasteiger partial charge is 0.265 e. The predicted octanol–water partition coefficient (Wildman–Crippen LogP) is 4.13. The first kappa shape index (κ1) is 21.2. The monoisotopic (exact) mass is 454 g/mol. The normalized spacial score (nSPS) is 11.1. The maximum absolute atomic E-state index is 12.8. The fourth-order valence-electron chi connectivity index (χ4n) is 2.55. The molecule has 8 heteroatoms. The first-order valence-corrected chi connectivity index (χ1v) is 10.9. The third-order valence-corrected chi connectivity index (χ3v) is 5.83. The standard InChI is InChI=1S/C19H23BrN2O4S/c1-4-22(5-2)19(23)14-7-10-16(11-8-14)21-27(24,25)18-13-15(20)9-12-17(18)26-6-3/h7-13,21H,4-6H2,1-3H3. The van der Waals surface area contributed by atoms with Crippen LogP contribution in [-0.2, 0) is 10.0 Å². The Morgan fingerprint density at radius 3 is 2.26 bits per heavy atom. The van der Waals surface area contributed by atoms with Crippen molar-refractivity contribution in [3.8, 4) is 5.75 Å². The van der Waals surface area contributed by atoms with Crippen molar-refractivity contribution in [3.05, 3.63) is 52.5 Å². The Balaban J connectivity index is 2.26. The van der Waals surface area contributed by atoms with Gasteiger partial charge in [-0.1, -0.05) is 15.9 Å². The molecule has 0 saturated heterocycles. The number of carbonyl (C=O) groups excluding carboxylic acids is 1. The molecular weight excluding hydrogens is 432 g/mol. The van der Waals surface area contributed by atoms with E-state index in [1.807, 2.05) is 13.8 Å². The van der Waals surface area contributed by atoms with Gasteiger partial charge in [-0.25, -0.2) is 8.42 Å². The minimum absolute atomic E-state index is 0.0435. The average Bonchev–Trinajstić information content (AvgIpc) is 2.64. The zero-order chi connectivity index (χ0) is 20.0. The lowest BCUT2D eigenvalue weighted by Gasteiger charge is -2.18. The van der Waals surface area contributed by atoms with Crippen molar-refractivity contribution in [3.63, 3.8) is 0 Å². The summed E-state index contributed by atoms with van der Waals surface area (Å²) in [6.45, 7) is 7.21. The lowest BCUT2D eigenvalue weighted by atomic mass is 10.2. The number of anilines is 1. The van der Waals surface area contributed by atoms with Gasteiger partial charge in [0.15, 0.2) is 0 Å². The van der Waals surface area contributed by atoms with Crippen LogP contribution in [0.25, 0.3) is 0 Å². The second-order valence-corrected chi connectivity index (χ2v) is 8.25. The van der Waals surface area contributed by atoms with Crippen molar-refractivity contribution in [2.24, 2.45) is 0 Å². The number of hydrogen-bond donors (Lipinski definition) is 1. The molecule has 0 spiro atoms. The summed E-state index contributed by atoms with van der Waals surface area (Å²) in [6, 6.07) is 11.2. The fraction of sp³-hybridized carbons (Fsp3) is 0.316. The van der Waals surface area contributed by atoms with Crippen LogP contribution in [0.2, 0.25) is 0 Å². The molecule has 0 heterocycles. The van der Waals surface area contributed by atoms with E-state index in [0.717, 1.165) is 0 Å². The van der Waals surface area contributed by atoms with E-state index in [0.29, 0.717) is 35.4 Å². The molecule has 0 bridgehead atoms. The number of hydrogen-bond acceptors (Lipinski definition) is 4. The van der Waals surface area contributed by atoms with Crippen LogP contribution in [0.1, 0.15) is 31.1 Å². The van der Waals surface area contributed by atoms with Gasteiger partial charge >= 0.3 is 0 Å². The summed E-state index contributed by atoms with van der Waals surface area (Å²) >= 11 is 3.29. The van der Waals surface area contributed by atoms with Gasteiger partial charge in [-0.3, -0.25) is 9.52 Å². The van der Waals surface area contributed by atoms with Gasteiger partial charge < -0.3 is 9.64 Å². The fourth-order valence-corrected chi connectivity index (χ4v) is 4.29. The number of nitrogens with one attached hydrogen (secondary N) is 1. The Hall–Kier alpha value is -2.06. The van der Waals surface area contributed by atoms with Crippen molar-refractivity contribution in [1.29, 1.82) is 0 Å². The first-order chi connectivity index (χ1) is 12.8. The van der Waals surface area contributed by atoms with Crippen LogP contribution in [0.4, 0.5) is 5.69 Å². The molecule has 0 aliphatic rings. The zero-order valence-corrected chi connectivity index (χ0v) is 17.9. The van der Waals surface area contributed by atoms with Gasteiger partial charge in [0, 0.05) is 28.8 Å². The second-order valence-electron chi connectivity index (χ2n) is 5.68. The molecule has 2 aromatic carbocycles. The summed E-state index contributed by atoms with van der Waals surface area (Å²) in [5, 5.41) is 0. The first-order valence-electron chi connectivity index (χ1n) is 8.66. The molecule has 0 aromatic heterocycles. The second kappa shape index (κ2) is 9.23. The summed E-state index contributed by atoms with van der Waals surface area (Å²) in [6.07, 6.45) is 0. The van der Waals surface area contributed by atoms with Crippen LogP contribution in [0, 0.1) is 0 Å². The van der Waals surface area contributed by atoms with Gasteiger partial charge in [-0.2, -0.15) is 0 Å². The molecule has 0 aliphatic heterocycles. The van der Waals surface area contributed by atoms with Gasteiger partial charge in [-0.15, -0.1) is 0 Å². The molecule has 1 amide bonds. The molecule has 0 aliphatic carbocycles. The SMILES string of the molecule is CCOc1ccc(Br)cc1S(=O)(=O)Nc1ccc(C(=O)N(CC)CC)cc1. The maximum atomic E-state index is 12.8. The topological polar surface area (TPSA) is 75.7 Å². The van der Waals surface area contributed by atoms with Crippen LogP contribution < -0.4 is 9.46 Å². The Bertz CT molecular complexity index is 894. The van der Waals surface area contributed by atoms with Crippen LogP contribution in [-0.4, -0.2) is 38.9 Å². The Labute approximate surface area is 168 Å². The van der Waals surface area contributed by atoms with Crippen molar-refractivity contribution in [1.82, 2.24) is 4.90 Å².